The second-order valence-corrected chi connectivity index (χ2v) is 5.74. The van der Waals surface area contributed by atoms with E-state index in [1.54, 1.807) is 0 Å². The molecule has 1 fully saturated rings. The fourth-order valence-corrected chi connectivity index (χ4v) is 3.39. The summed E-state index contributed by atoms with van der Waals surface area (Å²) < 4.78 is 11.4. The van der Waals surface area contributed by atoms with Gasteiger partial charge in [0.2, 0.25) is 0 Å². The average Bonchev–Trinajstić information content (AvgIpc) is 2.82. The minimum atomic E-state index is -0.824. The van der Waals surface area contributed by atoms with E-state index in [2.05, 4.69) is 12.1 Å². The number of hydrogen-bond acceptors (Lipinski definition) is 3. The zero-order valence-corrected chi connectivity index (χ0v) is 11.7. The molecule has 1 saturated heterocycles. The fraction of sp³-hybridized carbons (Fsp3) is 0.562. The van der Waals surface area contributed by atoms with Crippen LogP contribution in [-0.2, 0) is 20.7 Å². The summed E-state index contributed by atoms with van der Waals surface area (Å²) in [7, 11) is 0. The van der Waals surface area contributed by atoms with E-state index >= 15 is 0 Å². The van der Waals surface area contributed by atoms with Gasteiger partial charge >= 0.3 is 5.97 Å². The highest BCUT2D eigenvalue weighted by atomic mass is 16.5. The Morgan fingerprint density at radius 3 is 2.85 bits per heavy atom. The number of benzene rings is 1. The van der Waals surface area contributed by atoms with Gasteiger partial charge in [0.05, 0.1) is 24.2 Å². The van der Waals surface area contributed by atoms with Gasteiger partial charge in [-0.1, -0.05) is 24.3 Å². The zero-order chi connectivity index (χ0) is 14.2. The minimum Gasteiger partial charge on any atom is -0.481 e. The van der Waals surface area contributed by atoms with Crippen molar-refractivity contribution in [3.05, 3.63) is 35.4 Å². The SMILES string of the molecule is CC1OCCC1(CC1OCCc2ccccc21)C(=O)O. The van der Waals surface area contributed by atoms with Gasteiger partial charge in [0, 0.05) is 6.61 Å². The van der Waals surface area contributed by atoms with Crippen LogP contribution < -0.4 is 0 Å². The molecule has 20 heavy (non-hydrogen) atoms. The van der Waals surface area contributed by atoms with Crippen molar-refractivity contribution in [1.82, 2.24) is 0 Å². The molecule has 0 aliphatic carbocycles. The van der Waals surface area contributed by atoms with E-state index in [4.69, 9.17) is 9.47 Å². The number of hydrogen-bond donors (Lipinski definition) is 1. The number of aliphatic carboxylic acids is 1. The predicted molar refractivity (Wildman–Crippen MR) is 73.6 cm³/mol. The van der Waals surface area contributed by atoms with Gasteiger partial charge in [-0.3, -0.25) is 4.79 Å². The van der Waals surface area contributed by atoms with E-state index in [9.17, 15) is 9.90 Å². The highest BCUT2D eigenvalue weighted by Gasteiger charge is 2.50. The second kappa shape index (κ2) is 5.19. The molecular formula is C16H20O4. The quantitative estimate of drug-likeness (QED) is 0.922. The largest absolute Gasteiger partial charge is 0.481 e. The summed E-state index contributed by atoms with van der Waals surface area (Å²) >= 11 is 0. The number of carboxylic acid groups (broad SMARTS) is 1. The maximum atomic E-state index is 11.8. The monoisotopic (exact) mass is 276 g/mol. The first-order valence-corrected chi connectivity index (χ1v) is 7.18. The maximum absolute atomic E-state index is 11.8. The maximum Gasteiger partial charge on any atom is 0.312 e. The van der Waals surface area contributed by atoms with Crippen LogP contribution in [0.3, 0.4) is 0 Å². The summed E-state index contributed by atoms with van der Waals surface area (Å²) in [6.07, 6.45) is 1.54. The lowest BCUT2D eigenvalue weighted by Gasteiger charge is -2.34. The molecule has 1 aromatic carbocycles. The van der Waals surface area contributed by atoms with Crippen molar-refractivity contribution in [2.75, 3.05) is 13.2 Å². The summed E-state index contributed by atoms with van der Waals surface area (Å²) in [6, 6.07) is 8.17. The lowest BCUT2D eigenvalue weighted by atomic mass is 9.75. The van der Waals surface area contributed by atoms with Crippen molar-refractivity contribution in [1.29, 1.82) is 0 Å². The molecule has 0 aromatic heterocycles. The summed E-state index contributed by atoms with van der Waals surface area (Å²) in [6.45, 7) is 3.03. The molecule has 0 radical (unpaired) electrons. The van der Waals surface area contributed by atoms with Crippen molar-refractivity contribution in [3.63, 3.8) is 0 Å². The average molecular weight is 276 g/mol. The molecule has 0 amide bonds. The van der Waals surface area contributed by atoms with Gasteiger partial charge in [0.1, 0.15) is 0 Å². The summed E-state index contributed by atoms with van der Waals surface area (Å²) in [5.74, 6) is -0.769. The molecule has 108 valence electrons. The first-order valence-electron chi connectivity index (χ1n) is 7.18. The first-order chi connectivity index (χ1) is 9.63. The standard InChI is InChI=1S/C16H20O4/c1-11-16(15(17)18,7-9-19-11)10-14-13-5-3-2-4-12(13)6-8-20-14/h2-5,11,14H,6-10H2,1H3,(H,17,18). The Morgan fingerprint density at radius 2 is 2.15 bits per heavy atom. The van der Waals surface area contributed by atoms with Crippen LogP contribution in [0.5, 0.6) is 0 Å². The number of ether oxygens (including phenoxy) is 2. The smallest absolute Gasteiger partial charge is 0.312 e. The van der Waals surface area contributed by atoms with Crippen LogP contribution in [0.4, 0.5) is 0 Å². The number of rotatable bonds is 3. The van der Waals surface area contributed by atoms with Crippen LogP contribution in [-0.4, -0.2) is 30.4 Å². The number of carbonyl (C=O) groups is 1. The van der Waals surface area contributed by atoms with Crippen LogP contribution in [0.1, 0.15) is 37.0 Å². The molecule has 3 atom stereocenters. The Kier molecular flexibility index (Phi) is 3.52. The second-order valence-electron chi connectivity index (χ2n) is 5.74. The summed E-state index contributed by atoms with van der Waals surface area (Å²) in [5.41, 5.74) is 1.59. The Bertz CT molecular complexity index is 513. The van der Waals surface area contributed by atoms with E-state index in [1.807, 2.05) is 19.1 Å². The lowest BCUT2D eigenvalue weighted by molar-refractivity contribution is -0.155. The van der Waals surface area contributed by atoms with Crippen LogP contribution in [0, 0.1) is 5.41 Å². The molecule has 1 aromatic rings. The zero-order valence-electron chi connectivity index (χ0n) is 11.7. The Morgan fingerprint density at radius 1 is 1.35 bits per heavy atom. The van der Waals surface area contributed by atoms with E-state index in [1.165, 1.54) is 5.56 Å². The molecule has 2 aliphatic heterocycles. The third kappa shape index (κ3) is 2.13. The van der Waals surface area contributed by atoms with Gasteiger partial charge in [0.25, 0.3) is 0 Å². The van der Waals surface area contributed by atoms with Gasteiger partial charge in [-0.15, -0.1) is 0 Å². The highest BCUT2D eigenvalue weighted by molar-refractivity contribution is 5.76. The summed E-state index contributed by atoms with van der Waals surface area (Å²) in [4.78, 5) is 11.8. The van der Waals surface area contributed by atoms with Gasteiger partial charge in [0.15, 0.2) is 0 Å². The first kappa shape index (κ1) is 13.6. The fourth-order valence-electron chi connectivity index (χ4n) is 3.39. The van der Waals surface area contributed by atoms with Crippen LogP contribution in [0.15, 0.2) is 24.3 Å². The van der Waals surface area contributed by atoms with Crippen molar-refractivity contribution in [2.24, 2.45) is 5.41 Å². The Balaban J connectivity index is 1.89. The van der Waals surface area contributed by atoms with E-state index < -0.39 is 11.4 Å². The molecule has 2 aliphatic rings. The van der Waals surface area contributed by atoms with Crippen LogP contribution >= 0.6 is 0 Å². The van der Waals surface area contributed by atoms with E-state index in [-0.39, 0.29) is 12.2 Å². The molecule has 1 N–H and O–H groups in total. The molecule has 4 heteroatoms. The predicted octanol–water partition coefficient (Wildman–Crippen LogP) is 2.57. The van der Waals surface area contributed by atoms with Crippen LogP contribution in [0.25, 0.3) is 0 Å². The topological polar surface area (TPSA) is 55.8 Å². The molecular weight excluding hydrogens is 256 g/mol. The number of fused-ring (bicyclic) bond motifs is 1. The Labute approximate surface area is 118 Å². The molecule has 3 unspecified atom stereocenters. The Hall–Kier alpha value is -1.39. The molecule has 2 heterocycles. The molecule has 0 saturated carbocycles. The van der Waals surface area contributed by atoms with Crippen molar-refractivity contribution < 1.29 is 19.4 Å². The lowest BCUT2D eigenvalue weighted by Crippen LogP contribution is -2.39. The highest BCUT2D eigenvalue weighted by Crippen LogP contribution is 2.45. The minimum absolute atomic E-state index is 0.139. The number of carboxylic acids is 1. The third-order valence-electron chi connectivity index (χ3n) is 4.76. The summed E-state index contributed by atoms with van der Waals surface area (Å²) in [5, 5.41) is 9.68. The molecule has 0 spiro atoms. The van der Waals surface area contributed by atoms with Crippen LogP contribution in [0.2, 0.25) is 0 Å². The molecule has 0 bridgehead atoms. The molecule has 3 rings (SSSR count). The van der Waals surface area contributed by atoms with Gasteiger partial charge in [-0.25, -0.2) is 0 Å². The van der Waals surface area contributed by atoms with Gasteiger partial charge in [-0.2, -0.15) is 0 Å². The van der Waals surface area contributed by atoms with Gasteiger partial charge < -0.3 is 14.6 Å². The van der Waals surface area contributed by atoms with Gasteiger partial charge in [-0.05, 0) is 37.3 Å². The third-order valence-corrected chi connectivity index (χ3v) is 4.76. The van der Waals surface area contributed by atoms with Crippen molar-refractivity contribution in [3.8, 4) is 0 Å². The van der Waals surface area contributed by atoms with Crippen molar-refractivity contribution >= 4 is 5.97 Å². The van der Waals surface area contributed by atoms with E-state index in [0.717, 1.165) is 12.0 Å². The normalized spacial score (nSPS) is 32.9. The van der Waals surface area contributed by atoms with E-state index in [0.29, 0.717) is 26.1 Å². The molecule has 4 nitrogen and oxygen atoms in total. The van der Waals surface area contributed by atoms with Crippen molar-refractivity contribution in [2.45, 2.75) is 38.4 Å².